The number of benzene rings is 1. The van der Waals surface area contributed by atoms with Gasteiger partial charge in [0.2, 0.25) is 0 Å². The number of carbonyl (C=O) groups is 1. The summed E-state index contributed by atoms with van der Waals surface area (Å²) in [6, 6.07) is 7.16. The maximum absolute atomic E-state index is 11.9. The number of carbonyl (C=O) groups excluding carboxylic acids is 1. The molecule has 0 atom stereocenters. The lowest BCUT2D eigenvalue weighted by Crippen LogP contribution is -2.23. The molecule has 0 saturated carbocycles. The summed E-state index contributed by atoms with van der Waals surface area (Å²) in [5, 5.41) is 0. The van der Waals surface area contributed by atoms with Crippen LogP contribution in [0.15, 0.2) is 24.3 Å². The highest BCUT2D eigenvalue weighted by Crippen LogP contribution is 2.15. The lowest BCUT2D eigenvalue weighted by Gasteiger charge is -2.18. The van der Waals surface area contributed by atoms with E-state index < -0.39 is 0 Å². The first-order valence-corrected chi connectivity index (χ1v) is 6.22. The molecule has 0 radical (unpaired) electrons. The number of hydrogen-bond donors (Lipinski definition) is 0. The molecule has 0 aliphatic heterocycles. The Balaban J connectivity index is 2.59. The highest BCUT2D eigenvalue weighted by Gasteiger charge is 2.14. The van der Waals surface area contributed by atoms with Crippen molar-refractivity contribution in [1.82, 2.24) is 0 Å². The molecule has 0 amide bonds. The number of ether oxygens (including phenoxy) is 2. The van der Waals surface area contributed by atoms with E-state index in [-0.39, 0.29) is 24.1 Å². The molecule has 0 aromatic heterocycles. The molecule has 0 aliphatic rings. The van der Waals surface area contributed by atoms with Crippen molar-refractivity contribution in [2.24, 2.45) is 0 Å². The van der Waals surface area contributed by atoms with Gasteiger partial charge in [0.15, 0.2) is 5.78 Å². The Labute approximate surface area is 109 Å². The van der Waals surface area contributed by atoms with Crippen molar-refractivity contribution in [3.8, 4) is 5.75 Å². The first-order chi connectivity index (χ1) is 8.28. The van der Waals surface area contributed by atoms with E-state index in [2.05, 4.69) is 0 Å². The second kappa shape index (κ2) is 6.01. The molecule has 0 aliphatic carbocycles. The Morgan fingerprint density at radius 3 is 2.17 bits per heavy atom. The molecule has 0 unspecified atom stereocenters. The summed E-state index contributed by atoms with van der Waals surface area (Å²) in [7, 11) is 0. The topological polar surface area (TPSA) is 35.5 Å². The fourth-order valence-corrected chi connectivity index (χ4v) is 1.36. The third-order valence-corrected chi connectivity index (χ3v) is 2.18. The summed E-state index contributed by atoms with van der Waals surface area (Å²) in [5.74, 6) is 0.763. The zero-order valence-electron chi connectivity index (χ0n) is 11.8. The molecule has 1 rings (SSSR count). The van der Waals surface area contributed by atoms with Crippen molar-refractivity contribution in [1.29, 1.82) is 0 Å². The van der Waals surface area contributed by atoms with E-state index in [4.69, 9.17) is 9.47 Å². The summed E-state index contributed by atoms with van der Waals surface area (Å²) in [6.45, 7) is 9.83. The molecule has 0 saturated heterocycles. The monoisotopic (exact) mass is 250 g/mol. The van der Waals surface area contributed by atoms with E-state index in [0.29, 0.717) is 5.56 Å². The van der Waals surface area contributed by atoms with E-state index in [0.717, 1.165) is 5.75 Å². The minimum absolute atomic E-state index is 0.0129. The summed E-state index contributed by atoms with van der Waals surface area (Å²) in [5.41, 5.74) is 0.353. The van der Waals surface area contributed by atoms with Crippen LogP contribution in [0.25, 0.3) is 0 Å². The Kier molecular flexibility index (Phi) is 4.91. The van der Waals surface area contributed by atoms with Gasteiger partial charge in [-0.2, -0.15) is 0 Å². The van der Waals surface area contributed by atoms with Gasteiger partial charge in [-0.25, -0.2) is 0 Å². The van der Waals surface area contributed by atoms with Gasteiger partial charge in [-0.05, 0) is 58.9 Å². The van der Waals surface area contributed by atoms with Crippen LogP contribution >= 0.6 is 0 Å². The fourth-order valence-electron chi connectivity index (χ4n) is 1.36. The minimum atomic E-state index is -0.295. The SMILES string of the molecule is CC(C)Oc1ccc(C(=O)COC(C)(C)C)cc1. The Hall–Kier alpha value is -1.35. The average Bonchev–Trinajstić information content (AvgIpc) is 2.25. The van der Waals surface area contributed by atoms with Gasteiger partial charge in [-0.1, -0.05) is 0 Å². The standard InChI is InChI=1S/C15H22O3/c1-11(2)18-13-8-6-12(7-9-13)14(16)10-17-15(3,4)5/h6-9,11H,10H2,1-5H3. The predicted molar refractivity (Wildman–Crippen MR) is 72.2 cm³/mol. The normalized spacial score (nSPS) is 11.7. The first-order valence-electron chi connectivity index (χ1n) is 6.22. The molecule has 0 spiro atoms. The predicted octanol–water partition coefficient (Wildman–Crippen LogP) is 3.47. The second-order valence-electron chi connectivity index (χ2n) is 5.52. The molecule has 100 valence electrons. The molecule has 1 aromatic rings. The van der Waals surface area contributed by atoms with Gasteiger partial charge in [0.1, 0.15) is 12.4 Å². The number of rotatable bonds is 5. The average molecular weight is 250 g/mol. The van der Waals surface area contributed by atoms with Crippen molar-refractivity contribution >= 4 is 5.78 Å². The minimum Gasteiger partial charge on any atom is -0.491 e. The zero-order chi connectivity index (χ0) is 13.8. The third-order valence-electron chi connectivity index (χ3n) is 2.18. The molecule has 0 N–H and O–H groups in total. The van der Waals surface area contributed by atoms with Gasteiger partial charge >= 0.3 is 0 Å². The first kappa shape index (κ1) is 14.7. The van der Waals surface area contributed by atoms with Crippen molar-refractivity contribution in [3.05, 3.63) is 29.8 Å². The van der Waals surface area contributed by atoms with Gasteiger partial charge in [0.05, 0.1) is 11.7 Å². The van der Waals surface area contributed by atoms with Gasteiger partial charge in [0, 0.05) is 5.56 Å². The summed E-state index contributed by atoms with van der Waals surface area (Å²) in [6.07, 6.45) is 0.135. The van der Waals surface area contributed by atoms with Crippen LogP contribution in [0.2, 0.25) is 0 Å². The Morgan fingerprint density at radius 1 is 1.17 bits per heavy atom. The largest absolute Gasteiger partial charge is 0.491 e. The van der Waals surface area contributed by atoms with Crippen LogP contribution in [0, 0.1) is 0 Å². The third kappa shape index (κ3) is 5.32. The summed E-state index contributed by atoms with van der Waals surface area (Å²) >= 11 is 0. The van der Waals surface area contributed by atoms with Gasteiger partial charge < -0.3 is 9.47 Å². The van der Waals surface area contributed by atoms with Crippen LogP contribution in [0.4, 0.5) is 0 Å². The molecular weight excluding hydrogens is 228 g/mol. The number of Topliss-reactive ketones (excluding diaryl/α,β-unsaturated/α-hetero) is 1. The van der Waals surface area contributed by atoms with E-state index in [1.54, 1.807) is 12.1 Å². The van der Waals surface area contributed by atoms with Crippen molar-refractivity contribution in [2.75, 3.05) is 6.61 Å². The van der Waals surface area contributed by atoms with Crippen LogP contribution in [0.1, 0.15) is 45.0 Å². The highest BCUT2D eigenvalue weighted by atomic mass is 16.5. The van der Waals surface area contributed by atoms with Gasteiger partial charge in [-0.15, -0.1) is 0 Å². The van der Waals surface area contributed by atoms with Crippen molar-refractivity contribution < 1.29 is 14.3 Å². The molecule has 0 bridgehead atoms. The van der Waals surface area contributed by atoms with E-state index >= 15 is 0 Å². The quantitative estimate of drug-likeness (QED) is 0.751. The van der Waals surface area contributed by atoms with Crippen LogP contribution in [-0.4, -0.2) is 24.1 Å². The van der Waals surface area contributed by atoms with Crippen LogP contribution in [-0.2, 0) is 4.74 Å². The highest BCUT2D eigenvalue weighted by molar-refractivity contribution is 5.97. The van der Waals surface area contributed by atoms with Crippen LogP contribution < -0.4 is 4.74 Å². The van der Waals surface area contributed by atoms with Gasteiger partial charge in [0.25, 0.3) is 0 Å². The van der Waals surface area contributed by atoms with E-state index in [1.165, 1.54) is 0 Å². The lowest BCUT2D eigenvalue weighted by atomic mass is 10.1. The van der Waals surface area contributed by atoms with Gasteiger partial charge in [-0.3, -0.25) is 4.79 Å². The fraction of sp³-hybridized carbons (Fsp3) is 0.533. The van der Waals surface area contributed by atoms with Crippen LogP contribution in [0.5, 0.6) is 5.75 Å². The van der Waals surface area contributed by atoms with Crippen molar-refractivity contribution in [2.45, 2.75) is 46.3 Å². The number of ketones is 1. The smallest absolute Gasteiger partial charge is 0.188 e. The molecule has 0 heterocycles. The summed E-state index contributed by atoms with van der Waals surface area (Å²) in [4.78, 5) is 11.9. The number of hydrogen-bond acceptors (Lipinski definition) is 3. The molecule has 18 heavy (non-hydrogen) atoms. The molecule has 0 fully saturated rings. The zero-order valence-corrected chi connectivity index (χ0v) is 11.8. The van der Waals surface area contributed by atoms with Crippen LogP contribution in [0.3, 0.4) is 0 Å². The molecule has 1 aromatic carbocycles. The second-order valence-corrected chi connectivity index (χ2v) is 5.52. The Morgan fingerprint density at radius 2 is 1.72 bits per heavy atom. The van der Waals surface area contributed by atoms with E-state index in [1.807, 2.05) is 46.8 Å². The Bertz CT molecular complexity index is 385. The lowest BCUT2D eigenvalue weighted by molar-refractivity contribution is 0.00306. The molecule has 3 nitrogen and oxygen atoms in total. The van der Waals surface area contributed by atoms with Crippen molar-refractivity contribution in [3.63, 3.8) is 0 Å². The maximum Gasteiger partial charge on any atom is 0.188 e. The molecular formula is C15H22O3. The molecule has 3 heteroatoms. The maximum atomic E-state index is 11.9. The summed E-state index contributed by atoms with van der Waals surface area (Å²) < 4.78 is 11.0. The van der Waals surface area contributed by atoms with E-state index in [9.17, 15) is 4.79 Å².